The van der Waals surface area contributed by atoms with Gasteiger partial charge in [0.1, 0.15) is 11.6 Å². The van der Waals surface area contributed by atoms with Gasteiger partial charge in [0.2, 0.25) is 5.91 Å². The molecular weight excluding hydrogens is 310 g/mol. The van der Waals surface area contributed by atoms with E-state index in [9.17, 15) is 13.6 Å². The minimum absolute atomic E-state index is 0.0964. The number of aryl methyl sites for hydroxylation is 1. The number of nitrogens with zero attached hydrogens (tertiary/aromatic N) is 2. The zero-order valence-electron chi connectivity index (χ0n) is 13.8. The van der Waals surface area contributed by atoms with E-state index in [0.717, 1.165) is 0 Å². The first-order valence-corrected chi connectivity index (χ1v) is 8.02. The highest BCUT2D eigenvalue weighted by Gasteiger charge is 2.32. The maximum absolute atomic E-state index is 13.8. The van der Waals surface area contributed by atoms with Gasteiger partial charge in [0.25, 0.3) is 0 Å². The van der Waals surface area contributed by atoms with E-state index in [4.69, 9.17) is 0 Å². The van der Waals surface area contributed by atoms with Gasteiger partial charge in [0.15, 0.2) is 0 Å². The highest BCUT2D eigenvalue weighted by molar-refractivity contribution is 5.97. The summed E-state index contributed by atoms with van der Waals surface area (Å²) in [5, 5.41) is 0. The van der Waals surface area contributed by atoms with Crippen molar-refractivity contribution in [2.24, 2.45) is 0 Å². The van der Waals surface area contributed by atoms with Crippen molar-refractivity contribution in [2.45, 2.75) is 26.4 Å². The van der Waals surface area contributed by atoms with E-state index in [1.165, 1.54) is 12.1 Å². The third-order valence-corrected chi connectivity index (χ3v) is 4.58. The molecule has 1 heterocycles. The Morgan fingerprint density at radius 3 is 2.54 bits per heavy atom. The maximum Gasteiger partial charge on any atom is 0.244 e. The summed E-state index contributed by atoms with van der Waals surface area (Å²) in [5.41, 5.74) is 1.70. The lowest BCUT2D eigenvalue weighted by molar-refractivity contribution is -0.125. The van der Waals surface area contributed by atoms with Crippen LogP contribution in [0.3, 0.4) is 0 Å². The Hall–Kier alpha value is -2.27. The van der Waals surface area contributed by atoms with E-state index < -0.39 is 0 Å². The lowest BCUT2D eigenvalue weighted by Crippen LogP contribution is -2.55. The molecule has 24 heavy (non-hydrogen) atoms. The van der Waals surface area contributed by atoms with Crippen molar-refractivity contribution in [3.8, 4) is 0 Å². The molecule has 5 heteroatoms. The van der Waals surface area contributed by atoms with Crippen LogP contribution < -0.4 is 4.90 Å². The summed E-state index contributed by atoms with van der Waals surface area (Å²) in [7, 11) is 0. The van der Waals surface area contributed by atoms with Crippen LogP contribution in [0.4, 0.5) is 14.5 Å². The van der Waals surface area contributed by atoms with Gasteiger partial charge in [-0.1, -0.05) is 24.3 Å². The molecule has 0 bridgehead atoms. The zero-order chi connectivity index (χ0) is 17.3. The second-order valence-electron chi connectivity index (χ2n) is 6.16. The molecule has 3 nitrogen and oxygen atoms in total. The number of amides is 1. The quantitative estimate of drug-likeness (QED) is 0.860. The van der Waals surface area contributed by atoms with Gasteiger partial charge in [-0.25, -0.2) is 8.78 Å². The third-order valence-electron chi connectivity index (χ3n) is 4.58. The predicted molar refractivity (Wildman–Crippen MR) is 89.8 cm³/mol. The van der Waals surface area contributed by atoms with Gasteiger partial charge in [-0.15, -0.1) is 0 Å². The van der Waals surface area contributed by atoms with Crippen LogP contribution in [0, 0.1) is 18.6 Å². The molecule has 1 fully saturated rings. The first kappa shape index (κ1) is 16.6. The monoisotopic (exact) mass is 330 g/mol. The smallest absolute Gasteiger partial charge is 0.244 e. The molecule has 1 aliphatic heterocycles. The van der Waals surface area contributed by atoms with Gasteiger partial charge in [0, 0.05) is 30.9 Å². The number of anilines is 1. The average Bonchev–Trinajstić information content (AvgIpc) is 2.57. The number of hydrogen-bond acceptors (Lipinski definition) is 2. The van der Waals surface area contributed by atoms with Crippen molar-refractivity contribution >= 4 is 11.6 Å². The van der Waals surface area contributed by atoms with E-state index in [-0.39, 0.29) is 23.6 Å². The van der Waals surface area contributed by atoms with Crippen molar-refractivity contribution in [3.63, 3.8) is 0 Å². The Bertz CT molecular complexity index is 763. The molecule has 2 aromatic rings. The molecule has 1 saturated heterocycles. The number of halogens is 2. The number of rotatable bonds is 3. The second kappa shape index (κ2) is 6.69. The molecule has 0 radical (unpaired) electrons. The lowest BCUT2D eigenvalue weighted by Gasteiger charge is -2.39. The zero-order valence-corrected chi connectivity index (χ0v) is 13.8. The summed E-state index contributed by atoms with van der Waals surface area (Å²) in [6.45, 7) is 4.95. The molecular formula is C19H20F2N2O. The van der Waals surface area contributed by atoms with Crippen LogP contribution in [-0.4, -0.2) is 29.9 Å². The predicted octanol–water partition coefficient (Wildman–Crippen LogP) is 3.51. The van der Waals surface area contributed by atoms with Crippen molar-refractivity contribution in [3.05, 3.63) is 65.2 Å². The highest BCUT2D eigenvalue weighted by atomic mass is 19.1. The van der Waals surface area contributed by atoms with Gasteiger partial charge < -0.3 is 4.90 Å². The van der Waals surface area contributed by atoms with E-state index in [1.54, 1.807) is 49.1 Å². The largest absolute Gasteiger partial charge is 0.310 e. The molecule has 126 valence electrons. The number of hydrogen-bond donors (Lipinski definition) is 0. The standard InChI is InChI=1S/C19H20F2N2O/c1-13-7-8-16(11-18(13)21)23-10-9-22(14(2)19(23)24)12-15-5-3-4-6-17(15)20/h3-8,11,14H,9-10,12H2,1-2H3/t14-/m1/s1. The molecule has 0 aliphatic carbocycles. The fourth-order valence-electron chi connectivity index (χ4n) is 2.98. The molecule has 0 saturated carbocycles. The topological polar surface area (TPSA) is 23.6 Å². The molecule has 1 aliphatic rings. The second-order valence-corrected chi connectivity index (χ2v) is 6.16. The van der Waals surface area contributed by atoms with Gasteiger partial charge >= 0.3 is 0 Å². The summed E-state index contributed by atoms with van der Waals surface area (Å²) in [6, 6.07) is 11.0. The minimum Gasteiger partial charge on any atom is -0.310 e. The summed E-state index contributed by atoms with van der Waals surface area (Å²) in [6.07, 6.45) is 0. The Morgan fingerprint density at radius 1 is 1.08 bits per heavy atom. The molecule has 3 rings (SSSR count). The highest BCUT2D eigenvalue weighted by Crippen LogP contribution is 2.24. The Balaban J connectivity index is 1.76. The first-order valence-electron chi connectivity index (χ1n) is 8.02. The van der Waals surface area contributed by atoms with Gasteiger partial charge in [-0.2, -0.15) is 0 Å². The maximum atomic E-state index is 13.8. The van der Waals surface area contributed by atoms with Crippen molar-refractivity contribution in [1.29, 1.82) is 0 Å². The number of piperazine rings is 1. The number of carbonyl (C=O) groups excluding carboxylic acids is 1. The fraction of sp³-hybridized carbons (Fsp3) is 0.316. The summed E-state index contributed by atoms with van der Waals surface area (Å²) in [5.74, 6) is -0.678. The van der Waals surface area contributed by atoms with Crippen molar-refractivity contribution in [2.75, 3.05) is 18.0 Å². The molecule has 1 atom stereocenters. The Labute approximate surface area is 140 Å². The molecule has 0 unspecified atom stereocenters. The van der Waals surface area contributed by atoms with Crippen LogP contribution in [-0.2, 0) is 11.3 Å². The van der Waals surface area contributed by atoms with E-state index in [2.05, 4.69) is 0 Å². The number of benzene rings is 2. The van der Waals surface area contributed by atoms with Crippen molar-refractivity contribution < 1.29 is 13.6 Å². The van der Waals surface area contributed by atoms with Crippen LogP contribution in [0.25, 0.3) is 0 Å². The molecule has 1 amide bonds. The first-order chi connectivity index (χ1) is 11.5. The molecule has 2 aromatic carbocycles. The van der Waals surface area contributed by atoms with Gasteiger partial charge in [-0.05, 0) is 37.6 Å². The summed E-state index contributed by atoms with van der Waals surface area (Å²) >= 11 is 0. The van der Waals surface area contributed by atoms with E-state index >= 15 is 0 Å². The van der Waals surface area contributed by atoms with Crippen LogP contribution in [0.5, 0.6) is 0 Å². The molecule has 0 aromatic heterocycles. The average molecular weight is 330 g/mol. The Kier molecular flexibility index (Phi) is 4.62. The Morgan fingerprint density at radius 2 is 1.83 bits per heavy atom. The fourth-order valence-corrected chi connectivity index (χ4v) is 2.98. The number of carbonyl (C=O) groups is 1. The lowest BCUT2D eigenvalue weighted by atomic mass is 10.1. The van der Waals surface area contributed by atoms with E-state index in [1.807, 2.05) is 4.90 Å². The SMILES string of the molecule is Cc1ccc(N2CCN(Cc3ccccc3F)[C@H](C)C2=O)cc1F. The van der Waals surface area contributed by atoms with Crippen molar-refractivity contribution in [1.82, 2.24) is 4.90 Å². The normalized spacial score (nSPS) is 18.9. The minimum atomic E-state index is -0.386. The molecule has 0 spiro atoms. The van der Waals surface area contributed by atoms with Gasteiger partial charge in [-0.3, -0.25) is 9.69 Å². The van der Waals surface area contributed by atoms with Crippen LogP contribution in [0.2, 0.25) is 0 Å². The van der Waals surface area contributed by atoms with Crippen LogP contribution in [0.15, 0.2) is 42.5 Å². The molecule has 0 N–H and O–H groups in total. The summed E-state index contributed by atoms with van der Waals surface area (Å²) in [4.78, 5) is 16.2. The van der Waals surface area contributed by atoms with E-state index in [0.29, 0.717) is 36.4 Å². The van der Waals surface area contributed by atoms with Crippen LogP contribution >= 0.6 is 0 Å². The summed E-state index contributed by atoms with van der Waals surface area (Å²) < 4.78 is 27.6. The third kappa shape index (κ3) is 3.17. The van der Waals surface area contributed by atoms with Gasteiger partial charge in [0.05, 0.1) is 6.04 Å². The van der Waals surface area contributed by atoms with Crippen LogP contribution in [0.1, 0.15) is 18.1 Å².